The third kappa shape index (κ3) is 4.02. The molecule has 0 amide bonds. The number of anilines is 2. The Balaban J connectivity index is 1.64. The van der Waals surface area contributed by atoms with Gasteiger partial charge in [0.25, 0.3) is 0 Å². The van der Waals surface area contributed by atoms with E-state index in [1.54, 1.807) is 26.4 Å². The lowest BCUT2D eigenvalue weighted by Gasteiger charge is -2.13. The summed E-state index contributed by atoms with van der Waals surface area (Å²) >= 11 is 6.47. The average Bonchev–Trinajstić information content (AvgIpc) is 2.75. The summed E-state index contributed by atoms with van der Waals surface area (Å²) in [5.41, 5.74) is 1.42. The van der Waals surface area contributed by atoms with Crippen LogP contribution in [0.2, 0.25) is 5.02 Å². The van der Waals surface area contributed by atoms with Crippen molar-refractivity contribution in [2.45, 2.75) is 0 Å². The second kappa shape index (κ2) is 8.24. The molecule has 146 valence electrons. The minimum Gasteiger partial charge on any atom is -0.493 e. The molecule has 0 saturated carbocycles. The highest BCUT2D eigenvalue weighted by Gasteiger charge is 2.12. The average molecular weight is 408 g/mol. The van der Waals surface area contributed by atoms with Crippen molar-refractivity contribution >= 4 is 34.0 Å². The summed E-state index contributed by atoms with van der Waals surface area (Å²) in [7, 11) is 3.17. The van der Waals surface area contributed by atoms with Crippen LogP contribution in [-0.4, -0.2) is 24.2 Å². The van der Waals surface area contributed by atoms with Gasteiger partial charge in [0.05, 0.1) is 30.4 Å². The molecule has 6 nitrogen and oxygen atoms in total. The van der Waals surface area contributed by atoms with Crippen LogP contribution in [0.25, 0.3) is 10.9 Å². The molecule has 4 rings (SSSR count). The first-order chi connectivity index (χ1) is 14.2. The molecule has 4 aromatic rings. The fourth-order valence-electron chi connectivity index (χ4n) is 2.90. The van der Waals surface area contributed by atoms with Crippen molar-refractivity contribution < 1.29 is 14.2 Å². The Hall–Kier alpha value is -3.51. The molecule has 0 bridgehead atoms. The molecule has 0 spiro atoms. The fourth-order valence-corrected chi connectivity index (χ4v) is 3.11. The number of hydrogen-bond donors (Lipinski definition) is 1. The van der Waals surface area contributed by atoms with Gasteiger partial charge in [-0.15, -0.1) is 0 Å². The van der Waals surface area contributed by atoms with Crippen LogP contribution in [0.1, 0.15) is 0 Å². The summed E-state index contributed by atoms with van der Waals surface area (Å²) in [5, 5.41) is 4.55. The lowest BCUT2D eigenvalue weighted by Crippen LogP contribution is -1.98. The van der Waals surface area contributed by atoms with Crippen LogP contribution < -0.4 is 19.5 Å². The molecule has 0 atom stereocenters. The molecule has 0 fully saturated rings. The summed E-state index contributed by atoms with van der Waals surface area (Å²) in [6, 6.07) is 18.6. The highest BCUT2D eigenvalue weighted by molar-refractivity contribution is 6.33. The zero-order chi connectivity index (χ0) is 20.2. The molecule has 1 heterocycles. The van der Waals surface area contributed by atoms with Gasteiger partial charge in [0.15, 0.2) is 11.5 Å². The first-order valence-corrected chi connectivity index (χ1v) is 9.22. The normalized spacial score (nSPS) is 10.6. The predicted molar refractivity (Wildman–Crippen MR) is 114 cm³/mol. The Kier molecular flexibility index (Phi) is 5.35. The number of benzene rings is 3. The first-order valence-electron chi connectivity index (χ1n) is 8.84. The van der Waals surface area contributed by atoms with Crippen molar-refractivity contribution in [1.82, 2.24) is 9.97 Å². The second-order valence-electron chi connectivity index (χ2n) is 6.13. The summed E-state index contributed by atoms with van der Waals surface area (Å²) in [6.07, 6.45) is 1.48. The number of nitrogens with one attached hydrogen (secondary N) is 1. The van der Waals surface area contributed by atoms with E-state index in [2.05, 4.69) is 15.3 Å². The maximum absolute atomic E-state index is 6.47. The van der Waals surface area contributed by atoms with Crippen LogP contribution in [0.3, 0.4) is 0 Å². The van der Waals surface area contributed by atoms with E-state index >= 15 is 0 Å². The quantitative estimate of drug-likeness (QED) is 0.433. The van der Waals surface area contributed by atoms with Crippen LogP contribution in [0.5, 0.6) is 23.0 Å². The van der Waals surface area contributed by atoms with Crippen molar-refractivity contribution in [3.05, 3.63) is 72.0 Å². The molecule has 0 radical (unpaired) electrons. The molecule has 0 aliphatic carbocycles. The summed E-state index contributed by atoms with van der Waals surface area (Å²) < 4.78 is 16.6. The lowest BCUT2D eigenvalue weighted by atomic mass is 10.2. The van der Waals surface area contributed by atoms with E-state index < -0.39 is 0 Å². The first kappa shape index (κ1) is 18.8. The molecule has 0 unspecified atom stereocenters. The molecular formula is C22H18ClN3O3. The Morgan fingerprint density at radius 2 is 1.59 bits per heavy atom. The van der Waals surface area contributed by atoms with Crippen molar-refractivity contribution in [2.75, 3.05) is 19.5 Å². The van der Waals surface area contributed by atoms with Crippen molar-refractivity contribution in [3.8, 4) is 23.0 Å². The third-order valence-corrected chi connectivity index (χ3v) is 4.63. The second-order valence-corrected chi connectivity index (χ2v) is 6.54. The van der Waals surface area contributed by atoms with Gasteiger partial charge >= 0.3 is 0 Å². The number of hydrogen-bond acceptors (Lipinski definition) is 6. The third-order valence-electron chi connectivity index (χ3n) is 4.31. The summed E-state index contributed by atoms with van der Waals surface area (Å²) in [5.74, 6) is 3.19. The van der Waals surface area contributed by atoms with Gasteiger partial charge in [0.2, 0.25) is 0 Å². The highest BCUT2D eigenvalue weighted by atomic mass is 35.5. The Labute approximate surface area is 173 Å². The Morgan fingerprint density at radius 1 is 0.828 bits per heavy atom. The monoisotopic (exact) mass is 407 g/mol. The zero-order valence-corrected chi connectivity index (χ0v) is 16.6. The largest absolute Gasteiger partial charge is 0.493 e. The number of rotatable bonds is 6. The van der Waals surface area contributed by atoms with Crippen LogP contribution in [0.15, 0.2) is 67.0 Å². The SMILES string of the molecule is COc1cc2ncnc(Nc3ccc(Oc4ccccc4)cc3Cl)c2cc1OC. The maximum Gasteiger partial charge on any atom is 0.162 e. The molecule has 1 aromatic heterocycles. The molecule has 0 aliphatic heterocycles. The lowest BCUT2D eigenvalue weighted by molar-refractivity contribution is 0.356. The number of para-hydroxylation sites is 1. The van der Waals surface area contributed by atoms with Gasteiger partial charge in [0, 0.05) is 17.5 Å². The highest BCUT2D eigenvalue weighted by Crippen LogP contribution is 2.36. The minimum absolute atomic E-state index is 0.505. The Morgan fingerprint density at radius 3 is 2.31 bits per heavy atom. The smallest absolute Gasteiger partial charge is 0.162 e. The number of fused-ring (bicyclic) bond motifs is 1. The molecular weight excluding hydrogens is 390 g/mol. The number of nitrogens with zero attached hydrogens (tertiary/aromatic N) is 2. The number of aromatic nitrogens is 2. The number of methoxy groups -OCH3 is 2. The van der Waals surface area contributed by atoms with Crippen molar-refractivity contribution in [3.63, 3.8) is 0 Å². The summed E-state index contributed by atoms with van der Waals surface area (Å²) in [4.78, 5) is 8.67. The van der Waals surface area contributed by atoms with Gasteiger partial charge in [-0.05, 0) is 30.3 Å². The molecule has 29 heavy (non-hydrogen) atoms. The van der Waals surface area contributed by atoms with E-state index in [0.717, 1.165) is 16.7 Å². The Bertz CT molecular complexity index is 1150. The van der Waals surface area contributed by atoms with Gasteiger partial charge < -0.3 is 19.5 Å². The van der Waals surface area contributed by atoms with Gasteiger partial charge in [-0.1, -0.05) is 29.8 Å². The van der Waals surface area contributed by atoms with Gasteiger partial charge in [-0.3, -0.25) is 0 Å². The van der Waals surface area contributed by atoms with E-state index in [1.165, 1.54) is 6.33 Å². The van der Waals surface area contributed by atoms with E-state index in [-0.39, 0.29) is 0 Å². The van der Waals surface area contributed by atoms with E-state index in [1.807, 2.05) is 48.5 Å². The minimum atomic E-state index is 0.505. The molecule has 1 N–H and O–H groups in total. The molecule has 3 aromatic carbocycles. The molecule has 0 saturated heterocycles. The topological polar surface area (TPSA) is 65.5 Å². The predicted octanol–water partition coefficient (Wildman–Crippen LogP) is 5.84. The van der Waals surface area contributed by atoms with E-state index in [0.29, 0.717) is 33.8 Å². The molecule has 0 aliphatic rings. The fraction of sp³-hybridized carbons (Fsp3) is 0.0909. The maximum atomic E-state index is 6.47. The van der Waals surface area contributed by atoms with Crippen LogP contribution in [0.4, 0.5) is 11.5 Å². The molecule has 7 heteroatoms. The van der Waals surface area contributed by atoms with Crippen molar-refractivity contribution in [2.24, 2.45) is 0 Å². The van der Waals surface area contributed by atoms with Crippen molar-refractivity contribution in [1.29, 1.82) is 0 Å². The van der Waals surface area contributed by atoms with Gasteiger partial charge in [-0.25, -0.2) is 9.97 Å². The van der Waals surface area contributed by atoms with Gasteiger partial charge in [-0.2, -0.15) is 0 Å². The van der Waals surface area contributed by atoms with Crippen LogP contribution >= 0.6 is 11.6 Å². The van der Waals surface area contributed by atoms with Crippen LogP contribution in [-0.2, 0) is 0 Å². The summed E-state index contributed by atoms with van der Waals surface area (Å²) in [6.45, 7) is 0. The van der Waals surface area contributed by atoms with Gasteiger partial charge in [0.1, 0.15) is 23.6 Å². The van der Waals surface area contributed by atoms with E-state index in [4.69, 9.17) is 25.8 Å². The zero-order valence-electron chi connectivity index (χ0n) is 15.8. The standard InChI is InChI=1S/C22H18ClN3O3/c1-27-20-11-16-19(12-21(20)28-2)24-13-25-22(16)26-18-9-8-15(10-17(18)23)29-14-6-4-3-5-7-14/h3-13H,1-2H3,(H,24,25,26). The number of halogens is 1. The van der Waals surface area contributed by atoms with E-state index in [9.17, 15) is 0 Å². The van der Waals surface area contributed by atoms with Crippen LogP contribution in [0, 0.1) is 0 Å². The number of ether oxygens (including phenoxy) is 3.